The molecule has 1 fully saturated rings. The molecule has 0 bridgehead atoms. The molecule has 0 aliphatic carbocycles. The summed E-state index contributed by atoms with van der Waals surface area (Å²) in [5.74, 6) is 0.843. The van der Waals surface area contributed by atoms with Gasteiger partial charge >= 0.3 is 0 Å². The van der Waals surface area contributed by atoms with Crippen molar-refractivity contribution >= 4 is 0 Å². The van der Waals surface area contributed by atoms with Crippen LogP contribution in [0.5, 0.6) is 0 Å². The average molecular weight is 85.1 g/mol. The number of hydrogen-bond donors (Lipinski definition) is 1. The summed E-state index contributed by atoms with van der Waals surface area (Å²) in [5, 5.41) is 2.95. The summed E-state index contributed by atoms with van der Waals surface area (Å²) in [6, 6.07) is 0. The highest BCUT2D eigenvalue weighted by atomic mass is 16.5. The Morgan fingerprint density at radius 1 is 1.83 bits per heavy atom. The van der Waals surface area contributed by atoms with Gasteiger partial charge in [0.25, 0.3) is 0 Å². The highest BCUT2D eigenvalue weighted by Gasteiger charge is 1.99. The van der Waals surface area contributed by atoms with E-state index in [0.717, 1.165) is 12.3 Å². The van der Waals surface area contributed by atoms with Gasteiger partial charge in [0.2, 0.25) is 0 Å². The first-order chi connectivity index (χ1) is 2.89. The van der Waals surface area contributed by atoms with E-state index >= 15 is 0 Å². The van der Waals surface area contributed by atoms with Gasteiger partial charge in [0, 0.05) is 0 Å². The quantitative estimate of drug-likeness (QED) is 0.449. The van der Waals surface area contributed by atoms with Crippen molar-refractivity contribution in [1.82, 2.24) is 5.32 Å². The molecule has 1 heterocycles. The predicted octanol–water partition coefficient (Wildman–Crippen LogP) is 0.0774. The van der Waals surface area contributed by atoms with Crippen LogP contribution in [0, 0.1) is 0 Å². The second kappa shape index (κ2) is 1.30. The first kappa shape index (κ1) is 3.68. The smallest absolute Gasteiger partial charge is 0.139 e. The Bertz CT molecular complexity index is 61.9. The summed E-state index contributed by atoms with van der Waals surface area (Å²) in [6.07, 6.45) is 0. The molecule has 0 atom stereocenters. The third kappa shape index (κ3) is 0.518. The van der Waals surface area contributed by atoms with Gasteiger partial charge in [-0.2, -0.15) is 0 Å². The zero-order chi connectivity index (χ0) is 4.41. The molecule has 0 saturated carbocycles. The van der Waals surface area contributed by atoms with Crippen LogP contribution in [-0.4, -0.2) is 13.3 Å². The van der Waals surface area contributed by atoms with E-state index in [0.29, 0.717) is 6.73 Å². The molecule has 0 radical (unpaired) electrons. The van der Waals surface area contributed by atoms with Gasteiger partial charge in [-0.05, 0) is 0 Å². The van der Waals surface area contributed by atoms with Crippen LogP contribution in [0.3, 0.4) is 0 Å². The Labute approximate surface area is 36.8 Å². The largest absolute Gasteiger partial charge is 0.482 e. The van der Waals surface area contributed by atoms with Gasteiger partial charge in [-0.25, -0.2) is 0 Å². The number of hydrogen-bond acceptors (Lipinski definition) is 2. The van der Waals surface area contributed by atoms with Crippen LogP contribution in [0.15, 0.2) is 12.3 Å². The molecule has 1 aliphatic heterocycles. The molecular weight excluding hydrogens is 78.0 g/mol. The van der Waals surface area contributed by atoms with Gasteiger partial charge in [0.1, 0.15) is 12.5 Å². The molecule has 0 aromatic carbocycles. The zero-order valence-electron chi connectivity index (χ0n) is 3.53. The van der Waals surface area contributed by atoms with E-state index in [1.807, 2.05) is 0 Å². The number of ether oxygens (including phenoxy) is 1. The van der Waals surface area contributed by atoms with Gasteiger partial charge in [-0.1, -0.05) is 6.58 Å². The average Bonchev–Trinajstić information content (AvgIpc) is 1.86. The predicted molar refractivity (Wildman–Crippen MR) is 23.1 cm³/mol. The van der Waals surface area contributed by atoms with Crippen molar-refractivity contribution in [3.63, 3.8) is 0 Å². The lowest BCUT2D eigenvalue weighted by atomic mass is 10.6. The molecule has 1 N–H and O–H groups in total. The third-order valence-electron chi connectivity index (χ3n) is 0.701. The molecule has 0 amide bonds. The standard InChI is InChI=1S/C4H7NO/c1-4-2-5-3-6-4/h5H,1-3H2. The SMILES string of the molecule is C=C1CNCO1. The minimum absolute atomic E-state index is 0.638. The van der Waals surface area contributed by atoms with E-state index < -0.39 is 0 Å². The van der Waals surface area contributed by atoms with E-state index in [4.69, 9.17) is 4.74 Å². The zero-order valence-corrected chi connectivity index (χ0v) is 3.53. The Balaban J connectivity index is 2.37. The molecule has 6 heavy (non-hydrogen) atoms. The van der Waals surface area contributed by atoms with Crippen molar-refractivity contribution in [3.8, 4) is 0 Å². The number of nitrogens with one attached hydrogen (secondary N) is 1. The topological polar surface area (TPSA) is 21.3 Å². The van der Waals surface area contributed by atoms with E-state index in [9.17, 15) is 0 Å². The van der Waals surface area contributed by atoms with E-state index in [1.165, 1.54) is 0 Å². The third-order valence-corrected chi connectivity index (χ3v) is 0.701. The summed E-state index contributed by atoms with van der Waals surface area (Å²) in [4.78, 5) is 0. The fourth-order valence-corrected chi connectivity index (χ4v) is 0.395. The second-order valence-electron chi connectivity index (χ2n) is 1.25. The van der Waals surface area contributed by atoms with Crippen molar-refractivity contribution < 1.29 is 4.74 Å². The fraction of sp³-hybridized carbons (Fsp3) is 0.500. The molecule has 2 nitrogen and oxygen atoms in total. The van der Waals surface area contributed by atoms with E-state index in [2.05, 4.69) is 11.9 Å². The van der Waals surface area contributed by atoms with E-state index in [-0.39, 0.29) is 0 Å². The summed E-state index contributed by atoms with van der Waals surface area (Å²) in [6.45, 7) is 5.03. The minimum Gasteiger partial charge on any atom is -0.482 e. The molecular formula is C4H7NO. The van der Waals surface area contributed by atoms with Gasteiger partial charge in [0.15, 0.2) is 0 Å². The minimum atomic E-state index is 0.638. The van der Waals surface area contributed by atoms with Crippen molar-refractivity contribution in [3.05, 3.63) is 12.3 Å². The van der Waals surface area contributed by atoms with Crippen molar-refractivity contribution in [2.45, 2.75) is 0 Å². The summed E-state index contributed by atoms with van der Waals surface area (Å²) in [7, 11) is 0. The van der Waals surface area contributed by atoms with Crippen LogP contribution in [0.4, 0.5) is 0 Å². The summed E-state index contributed by atoms with van der Waals surface area (Å²) in [5.41, 5.74) is 0. The summed E-state index contributed by atoms with van der Waals surface area (Å²) < 4.78 is 4.85. The summed E-state index contributed by atoms with van der Waals surface area (Å²) >= 11 is 0. The monoisotopic (exact) mass is 85.1 g/mol. The lowest BCUT2D eigenvalue weighted by molar-refractivity contribution is 0.255. The second-order valence-corrected chi connectivity index (χ2v) is 1.25. The molecule has 0 aromatic rings. The normalized spacial score (nSPS) is 21.0. The molecule has 0 aromatic heterocycles. The maximum atomic E-state index is 4.85. The molecule has 2 heteroatoms. The van der Waals surface area contributed by atoms with Crippen molar-refractivity contribution in [2.24, 2.45) is 0 Å². The molecule has 1 rings (SSSR count). The highest BCUT2D eigenvalue weighted by molar-refractivity contribution is 4.88. The molecule has 0 spiro atoms. The Hall–Kier alpha value is -0.500. The lowest BCUT2D eigenvalue weighted by Gasteiger charge is -1.85. The van der Waals surface area contributed by atoms with Gasteiger partial charge in [0.05, 0.1) is 6.54 Å². The molecule has 1 saturated heterocycles. The van der Waals surface area contributed by atoms with Crippen LogP contribution in [-0.2, 0) is 4.74 Å². The van der Waals surface area contributed by atoms with Crippen LogP contribution in [0.1, 0.15) is 0 Å². The maximum Gasteiger partial charge on any atom is 0.139 e. The van der Waals surface area contributed by atoms with Gasteiger partial charge < -0.3 is 4.74 Å². The van der Waals surface area contributed by atoms with Crippen LogP contribution in [0.2, 0.25) is 0 Å². The van der Waals surface area contributed by atoms with Gasteiger partial charge in [-0.3, -0.25) is 5.32 Å². The lowest BCUT2D eigenvalue weighted by Crippen LogP contribution is -2.04. The van der Waals surface area contributed by atoms with Crippen molar-refractivity contribution in [1.29, 1.82) is 0 Å². The van der Waals surface area contributed by atoms with Crippen LogP contribution in [0.25, 0.3) is 0 Å². The first-order valence-corrected chi connectivity index (χ1v) is 1.91. The number of rotatable bonds is 0. The maximum absolute atomic E-state index is 4.85. The first-order valence-electron chi connectivity index (χ1n) is 1.91. The van der Waals surface area contributed by atoms with Crippen LogP contribution >= 0.6 is 0 Å². The molecule has 34 valence electrons. The highest BCUT2D eigenvalue weighted by Crippen LogP contribution is 1.94. The Morgan fingerprint density at radius 3 is 2.83 bits per heavy atom. The van der Waals surface area contributed by atoms with E-state index in [1.54, 1.807) is 0 Å². The van der Waals surface area contributed by atoms with Crippen molar-refractivity contribution in [2.75, 3.05) is 13.3 Å². The molecule has 0 unspecified atom stereocenters. The Morgan fingerprint density at radius 2 is 2.67 bits per heavy atom. The fourth-order valence-electron chi connectivity index (χ4n) is 0.395. The Kier molecular flexibility index (Phi) is 0.801. The molecule has 1 aliphatic rings. The van der Waals surface area contributed by atoms with Crippen LogP contribution < -0.4 is 5.32 Å². The van der Waals surface area contributed by atoms with Gasteiger partial charge in [-0.15, -0.1) is 0 Å².